The van der Waals surface area contributed by atoms with Crippen molar-refractivity contribution in [3.8, 4) is 11.5 Å². The Morgan fingerprint density at radius 3 is 2.33 bits per heavy atom. The number of amides is 2. The quantitative estimate of drug-likeness (QED) is 0.787. The van der Waals surface area contributed by atoms with Gasteiger partial charge in [0.1, 0.15) is 17.3 Å². The highest BCUT2D eigenvalue weighted by Gasteiger charge is 2.39. The van der Waals surface area contributed by atoms with Gasteiger partial charge < -0.3 is 19.7 Å². The second-order valence-electron chi connectivity index (χ2n) is 7.80. The van der Waals surface area contributed by atoms with E-state index in [1.165, 1.54) is 26.4 Å². The highest BCUT2D eigenvalue weighted by atomic mass is 19.1. The molecule has 1 atom stereocenters. The van der Waals surface area contributed by atoms with E-state index in [4.69, 9.17) is 9.47 Å². The summed E-state index contributed by atoms with van der Waals surface area (Å²) >= 11 is 0. The first-order valence-electron chi connectivity index (χ1n) is 9.90. The number of carbonyl (C=O) groups excluding carboxylic acids is 2. The van der Waals surface area contributed by atoms with E-state index < -0.39 is 5.41 Å². The third kappa shape index (κ3) is 4.90. The van der Waals surface area contributed by atoms with Gasteiger partial charge in [-0.25, -0.2) is 4.39 Å². The number of halogens is 1. The second-order valence-corrected chi connectivity index (χ2v) is 7.80. The number of nitrogens with zero attached hydrogens (tertiary/aromatic N) is 1. The van der Waals surface area contributed by atoms with Crippen molar-refractivity contribution in [3.05, 3.63) is 59.4 Å². The van der Waals surface area contributed by atoms with E-state index >= 15 is 0 Å². The molecule has 7 heteroatoms. The molecule has 1 heterocycles. The Labute approximate surface area is 176 Å². The van der Waals surface area contributed by atoms with E-state index in [0.29, 0.717) is 43.1 Å². The molecule has 0 saturated carbocycles. The predicted octanol–water partition coefficient (Wildman–Crippen LogP) is 3.40. The minimum Gasteiger partial charge on any atom is -0.497 e. The highest BCUT2D eigenvalue weighted by molar-refractivity contribution is 5.96. The molecule has 0 aromatic heterocycles. The van der Waals surface area contributed by atoms with E-state index in [1.807, 2.05) is 6.92 Å². The van der Waals surface area contributed by atoms with Crippen LogP contribution in [0.5, 0.6) is 11.5 Å². The van der Waals surface area contributed by atoms with Gasteiger partial charge >= 0.3 is 0 Å². The topological polar surface area (TPSA) is 67.9 Å². The Balaban J connectivity index is 1.69. The maximum atomic E-state index is 13.1. The lowest BCUT2D eigenvalue weighted by Gasteiger charge is -2.39. The first kappa shape index (κ1) is 21.6. The summed E-state index contributed by atoms with van der Waals surface area (Å²) in [5, 5.41) is 2.93. The SMILES string of the molecule is COc1cc(OC)cc(C(=O)N2CCCC(C)(C(=O)NCc3ccc(F)cc3)C2)c1. The molecule has 1 fully saturated rings. The van der Waals surface area contributed by atoms with Gasteiger partial charge in [0.15, 0.2) is 0 Å². The van der Waals surface area contributed by atoms with Crippen LogP contribution in [-0.2, 0) is 11.3 Å². The van der Waals surface area contributed by atoms with Gasteiger partial charge in [-0.3, -0.25) is 9.59 Å². The average molecular weight is 414 g/mol. The molecule has 1 unspecified atom stereocenters. The van der Waals surface area contributed by atoms with Gasteiger partial charge in [-0.2, -0.15) is 0 Å². The van der Waals surface area contributed by atoms with Crippen molar-refractivity contribution >= 4 is 11.8 Å². The van der Waals surface area contributed by atoms with Crippen LogP contribution in [0.4, 0.5) is 4.39 Å². The van der Waals surface area contributed by atoms with Crippen LogP contribution in [0.2, 0.25) is 0 Å². The number of carbonyl (C=O) groups is 2. The number of rotatable bonds is 6. The van der Waals surface area contributed by atoms with Crippen molar-refractivity contribution < 1.29 is 23.5 Å². The molecule has 2 amide bonds. The summed E-state index contributed by atoms with van der Waals surface area (Å²) in [7, 11) is 3.07. The third-order valence-corrected chi connectivity index (χ3v) is 5.50. The molecule has 1 N–H and O–H groups in total. The molecule has 6 nitrogen and oxygen atoms in total. The summed E-state index contributed by atoms with van der Waals surface area (Å²) in [5.74, 6) is 0.480. The lowest BCUT2D eigenvalue weighted by atomic mass is 9.80. The summed E-state index contributed by atoms with van der Waals surface area (Å²) in [5.41, 5.74) is 0.583. The molecule has 2 aromatic carbocycles. The zero-order valence-electron chi connectivity index (χ0n) is 17.5. The lowest BCUT2D eigenvalue weighted by molar-refractivity contribution is -0.132. The standard InChI is InChI=1S/C23H27FN2O4/c1-23(22(28)25-14-16-5-7-18(24)8-6-16)9-4-10-26(15-23)21(27)17-11-19(29-2)13-20(12-17)30-3/h5-8,11-13H,4,9-10,14-15H2,1-3H3,(H,25,28). The minimum atomic E-state index is -0.698. The molecule has 160 valence electrons. The first-order valence-corrected chi connectivity index (χ1v) is 9.90. The van der Waals surface area contributed by atoms with Crippen molar-refractivity contribution in [2.75, 3.05) is 27.3 Å². The Morgan fingerprint density at radius 2 is 1.73 bits per heavy atom. The molecule has 0 radical (unpaired) electrons. The molecule has 1 saturated heterocycles. The average Bonchev–Trinajstić information content (AvgIpc) is 2.77. The predicted molar refractivity (Wildman–Crippen MR) is 111 cm³/mol. The fourth-order valence-electron chi connectivity index (χ4n) is 3.71. The van der Waals surface area contributed by atoms with Crippen LogP contribution in [0.25, 0.3) is 0 Å². The van der Waals surface area contributed by atoms with Crippen LogP contribution in [0, 0.1) is 11.2 Å². The number of nitrogens with one attached hydrogen (secondary N) is 1. The van der Waals surface area contributed by atoms with Crippen LogP contribution in [0.1, 0.15) is 35.7 Å². The van der Waals surface area contributed by atoms with Crippen molar-refractivity contribution in [1.29, 1.82) is 0 Å². The van der Waals surface area contributed by atoms with Gasteiger partial charge in [0.25, 0.3) is 5.91 Å². The van der Waals surface area contributed by atoms with Gasteiger partial charge in [-0.15, -0.1) is 0 Å². The van der Waals surface area contributed by atoms with E-state index in [1.54, 1.807) is 35.2 Å². The van der Waals surface area contributed by atoms with Gasteiger partial charge in [-0.1, -0.05) is 12.1 Å². The summed E-state index contributed by atoms with van der Waals surface area (Å²) < 4.78 is 23.6. The summed E-state index contributed by atoms with van der Waals surface area (Å²) in [6.07, 6.45) is 1.42. The molecule has 30 heavy (non-hydrogen) atoms. The molecule has 1 aliphatic heterocycles. The molecule has 1 aliphatic rings. The van der Waals surface area contributed by atoms with Crippen LogP contribution >= 0.6 is 0 Å². The lowest BCUT2D eigenvalue weighted by Crippen LogP contribution is -2.51. The minimum absolute atomic E-state index is 0.118. The Kier molecular flexibility index (Phi) is 6.59. The van der Waals surface area contributed by atoms with E-state index in [2.05, 4.69) is 5.32 Å². The monoisotopic (exact) mass is 414 g/mol. The van der Waals surface area contributed by atoms with Crippen LogP contribution in [0.15, 0.2) is 42.5 Å². The maximum absolute atomic E-state index is 13.1. The summed E-state index contributed by atoms with van der Waals surface area (Å²) in [6, 6.07) is 11.1. The molecule has 2 aromatic rings. The summed E-state index contributed by atoms with van der Waals surface area (Å²) in [6.45, 7) is 3.09. The van der Waals surface area contributed by atoms with Crippen molar-refractivity contribution in [1.82, 2.24) is 10.2 Å². The largest absolute Gasteiger partial charge is 0.497 e. The second kappa shape index (κ2) is 9.15. The molecular weight excluding hydrogens is 387 g/mol. The zero-order valence-corrected chi connectivity index (χ0v) is 17.5. The molecular formula is C23H27FN2O4. The van der Waals surface area contributed by atoms with Crippen LogP contribution in [-0.4, -0.2) is 44.0 Å². The van der Waals surface area contributed by atoms with E-state index in [9.17, 15) is 14.0 Å². The highest BCUT2D eigenvalue weighted by Crippen LogP contribution is 2.32. The molecule has 0 spiro atoms. The van der Waals surface area contributed by atoms with E-state index in [0.717, 1.165) is 12.0 Å². The fraction of sp³-hybridized carbons (Fsp3) is 0.391. The number of hydrogen-bond acceptors (Lipinski definition) is 4. The van der Waals surface area contributed by atoms with Crippen LogP contribution in [0.3, 0.4) is 0 Å². The Morgan fingerprint density at radius 1 is 1.10 bits per heavy atom. The Hall–Kier alpha value is -3.09. The van der Waals surface area contributed by atoms with Crippen LogP contribution < -0.4 is 14.8 Å². The maximum Gasteiger partial charge on any atom is 0.254 e. The zero-order chi connectivity index (χ0) is 21.7. The normalized spacial score (nSPS) is 18.6. The summed E-state index contributed by atoms with van der Waals surface area (Å²) in [4.78, 5) is 27.7. The van der Waals surface area contributed by atoms with Crippen molar-refractivity contribution in [2.24, 2.45) is 5.41 Å². The van der Waals surface area contributed by atoms with Gasteiger partial charge in [0.2, 0.25) is 5.91 Å². The Bertz CT molecular complexity index is 894. The number of likely N-dealkylation sites (tertiary alicyclic amines) is 1. The first-order chi connectivity index (χ1) is 14.3. The number of hydrogen-bond donors (Lipinski definition) is 1. The number of methoxy groups -OCH3 is 2. The van der Waals surface area contributed by atoms with Crippen molar-refractivity contribution in [3.63, 3.8) is 0 Å². The molecule has 3 rings (SSSR count). The third-order valence-electron chi connectivity index (χ3n) is 5.50. The van der Waals surface area contributed by atoms with Gasteiger partial charge in [0.05, 0.1) is 19.6 Å². The number of piperidine rings is 1. The van der Waals surface area contributed by atoms with Gasteiger partial charge in [0, 0.05) is 31.3 Å². The molecule has 0 aliphatic carbocycles. The molecule has 0 bridgehead atoms. The fourth-order valence-corrected chi connectivity index (χ4v) is 3.71. The van der Waals surface area contributed by atoms with Crippen molar-refractivity contribution in [2.45, 2.75) is 26.3 Å². The van der Waals surface area contributed by atoms with Gasteiger partial charge in [-0.05, 0) is 49.6 Å². The number of ether oxygens (including phenoxy) is 2. The number of benzene rings is 2. The smallest absolute Gasteiger partial charge is 0.254 e. The van der Waals surface area contributed by atoms with E-state index in [-0.39, 0.29) is 17.6 Å².